The van der Waals surface area contributed by atoms with E-state index in [4.69, 9.17) is 11.6 Å². The fraction of sp³-hybridized carbons (Fsp3) is 0.667. The highest BCUT2D eigenvalue weighted by Crippen LogP contribution is 2.44. The Labute approximate surface area is 178 Å². The van der Waals surface area contributed by atoms with E-state index in [9.17, 15) is 4.79 Å². The molecule has 1 aromatic heterocycles. The summed E-state index contributed by atoms with van der Waals surface area (Å²) in [5, 5.41) is 0.103. The van der Waals surface area contributed by atoms with E-state index in [1.807, 2.05) is 28.8 Å². The maximum Gasteiger partial charge on any atom is 0.288 e. The van der Waals surface area contributed by atoms with E-state index in [1.165, 1.54) is 38.5 Å². The van der Waals surface area contributed by atoms with Gasteiger partial charge in [-0.15, -0.1) is 0 Å². The predicted molar refractivity (Wildman–Crippen MR) is 119 cm³/mol. The van der Waals surface area contributed by atoms with Crippen LogP contribution in [-0.2, 0) is 0 Å². The number of halogens is 1. The molecule has 4 nitrogen and oxygen atoms in total. The second-order valence-electron chi connectivity index (χ2n) is 9.95. The van der Waals surface area contributed by atoms with Gasteiger partial charge in [0.15, 0.2) is 5.15 Å². The number of rotatable bonds is 2. The van der Waals surface area contributed by atoms with Gasteiger partial charge in [-0.1, -0.05) is 44.0 Å². The molecule has 156 valence electrons. The number of fused-ring (bicyclic) bond motifs is 3. The summed E-state index contributed by atoms with van der Waals surface area (Å²) < 4.78 is 1.97. The first-order chi connectivity index (χ1) is 14.0. The molecule has 3 heterocycles. The van der Waals surface area contributed by atoms with Gasteiger partial charge in [-0.3, -0.25) is 9.69 Å². The van der Waals surface area contributed by atoms with Crippen molar-refractivity contribution in [1.29, 1.82) is 0 Å². The molecule has 1 aliphatic carbocycles. The van der Waals surface area contributed by atoms with E-state index in [0.717, 1.165) is 41.8 Å². The van der Waals surface area contributed by atoms with Crippen molar-refractivity contribution < 1.29 is 0 Å². The summed E-state index contributed by atoms with van der Waals surface area (Å²) >= 11 is 6.26. The van der Waals surface area contributed by atoms with Crippen molar-refractivity contribution in [3.05, 3.63) is 39.8 Å². The summed E-state index contributed by atoms with van der Waals surface area (Å²) in [7, 11) is 0. The first kappa shape index (κ1) is 19.6. The Morgan fingerprint density at radius 2 is 1.55 bits per heavy atom. The Balaban J connectivity index is 1.49. The SMILES string of the molecule is C[C@@H]1C[C@H](C)C[C@@H](N2[C@@H]3CCC[C@H]2C[C@@H](n2c(=O)c(Cl)nc4ccccc42)C3)C1. The van der Waals surface area contributed by atoms with Crippen molar-refractivity contribution >= 4 is 22.6 Å². The quantitative estimate of drug-likeness (QED) is 0.658. The van der Waals surface area contributed by atoms with Gasteiger partial charge < -0.3 is 4.57 Å². The van der Waals surface area contributed by atoms with Crippen LogP contribution in [0, 0.1) is 11.8 Å². The molecule has 1 saturated carbocycles. The maximum absolute atomic E-state index is 13.0. The molecule has 0 amide bonds. The number of para-hydroxylation sites is 2. The minimum Gasteiger partial charge on any atom is -0.301 e. The topological polar surface area (TPSA) is 38.1 Å². The number of piperidine rings is 2. The normalized spacial score (nSPS) is 35.7. The van der Waals surface area contributed by atoms with Crippen molar-refractivity contribution in [1.82, 2.24) is 14.5 Å². The average Bonchev–Trinajstić information content (AvgIpc) is 2.67. The van der Waals surface area contributed by atoms with Crippen LogP contribution in [0.4, 0.5) is 0 Å². The third-order valence-electron chi connectivity index (χ3n) is 7.70. The van der Waals surface area contributed by atoms with E-state index < -0.39 is 0 Å². The van der Waals surface area contributed by atoms with Gasteiger partial charge in [-0.05, 0) is 68.9 Å². The predicted octanol–water partition coefficient (Wildman–Crippen LogP) is 5.43. The van der Waals surface area contributed by atoms with Crippen molar-refractivity contribution in [3.8, 4) is 0 Å². The smallest absolute Gasteiger partial charge is 0.288 e. The van der Waals surface area contributed by atoms with Crippen LogP contribution in [0.15, 0.2) is 29.1 Å². The molecule has 0 spiro atoms. The fourth-order valence-corrected chi connectivity index (χ4v) is 7.01. The second-order valence-corrected chi connectivity index (χ2v) is 10.3. The summed E-state index contributed by atoms with van der Waals surface area (Å²) in [6, 6.07) is 10.1. The Bertz CT molecular complexity index is 933. The molecule has 2 aromatic rings. The van der Waals surface area contributed by atoms with E-state index in [0.29, 0.717) is 12.1 Å². The molecule has 0 N–H and O–H groups in total. The molecule has 6 atom stereocenters. The van der Waals surface area contributed by atoms with Crippen molar-refractivity contribution in [2.75, 3.05) is 0 Å². The zero-order valence-corrected chi connectivity index (χ0v) is 18.3. The third kappa shape index (κ3) is 3.53. The Kier molecular flexibility index (Phi) is 5.19. The van der Waals surface area contributed by atoms with E-state index in [2.05, 4.69) is 23.7 Å². The standard InChI is InChI=1S/C24H32ClN3O/c1-15-10-16(2)12-19(11-15)27-17-6-5-7-18(27)14-20(13-17)28-22-9-4-3-8-21(22)26-23(25)24(28)29/h3-4,8-9,15-20H,5-7,10-14H2,1-2H3/t15-,16+,17-,18+,19+,20+. The van der Waals surface area contributed by atoms with Gasteiger partial charge in [0.2, 0.25) is 0 Å². The molecule has 2 bridgehead atoms. The van der Waals surface area contributed by atoms with Crippen molar-refractivity contribution in [2.24, 2.45) is 11.8 Å². The summed E-state index contributed by atoms with van der Waals surface area (Å²) in [6.07, 6.45) is 10.0. The molecule has 3 fully saturated rings. The minimum atomic E-state index is -0.123. The maximum atomic E-state index is 13.0. The second kappa shape index (κ2) is 7.70. The summed E-state index contributed by atoms with van der Waals surface area (Å²) in [5.41, 5.74) is 1.62. The molecule has 3 aliphatic rings. The van der Waals surface area contributed by atoms with E-state index >= 15 is 0 Å². The summed E-state index contributed by atoms with van der Waals surface area (Å²) in [6.45, 7) is 4.85. The highest BCUT2D eigenvalue weighted by molar-refractivity contribution is 6.29. The van der Waals surface area contributed by atoms with E-state index in [1.54, 1.807) is 0 Å². The van der Waals surface area contributed by atoms with Crippen LogP contribution in [0.3, 0.4) is 0 Å². The van der Waals surface area contributed by atoms with Gasteiger partial charge in [-0.2, -0.15) is 0 Å². The number of hydrogen-bond donors (Lipinski definition) is 0. The molecule has 2 aliphatic heterocycles. The van der Waals surface area contributed by atoms with Gasteiger partial charge in [0, 0.05) is 24.2 Å². The van der Waals surface area contributed by atoms with E-state index in [-0.39, 0.29) is 16.8 Å². The highest BCUT2D eigenvalue weighted by Gasteiger charge is 2.44. The van der Waals surface area contributed by atoms with Crippen LogP contribution in [0.1, 0.15) is 71.3 Å². The molecule has 0 unspecified atom stereocenters. The number of hydrogen-bond acceptors (Lipinski definition) is 3. The number of aromatic nitrogens is 2. The third-order valence-corrected chi connectivity index (χ3v) is 7.95. The Hall–Kier alpha value is -1.39. The lowest BCUT2D eigenvalue weighted by Crippen LogP contribution is -2.58. The summed E-state index contributed by atoms with van der Waals surface area (Å²) in [5.74, 6) is 1.65. The lowest BCUT2D eigenvalue weighted by Gasteiger charge is -2.54. The van der Waals surface area contributed by atoms with Crippen LogP contribution in [0.5, 0.6) is 0 Å². The van der Waals surface area contributed by atoms with Gasteiger partial charge in [-0.25, -0.2) is 4.98 Å². The van der Waals surface area contributed by atoms with Crippen LogP contribution < -0.4 is 5.56 Å². The minimum absolute atomic E-state index is 0.103. The van der Waals surface area contributed by atoms with Crippen LogP contribution in [0.2, 0.25) is 5.15 Å². The largest absolute Gasteiger partial charge is 0.301 e. The molecular formula is C24H32ClN3O. The van der Waals surface area contributed by atoms with Crippen LogP contribution in [0.25, 0.3) is 11.0 Å². The van der Waals surface area contributed by atoms with Gasteiger partial charge >= 0.3 is 0 Å². The average molecular weight is 414 g/mol. The molecule has 0 radical (unpaired) electrons. The van der Waals surface area contributed by atoms with Crippen molar-refractivity contribution in [2.45, 2.75) is 89.4 Å². The molecule has 5 heteroatoms. The Morgan fingerprint density at radius 1 is 0.897 bits per heavy atom. The molecule has 2 saturated heterocycles. The van der Waals surface area contributed by atoms with Crippen LogP contribution >= 0.6 is 11.6 Å². The first-order valence-electron chi connectivity index (χ1n) is 11.5. The molecule has 5 rings (SSSR count). The van der Waals surface area contributed by atoms with Crippen molar-refractivity contribution in [3.63, 3.8) is 0 Å². The van der Waals surface area contributed by atoms with Gasteiger partial charge in [0.05, 0.1) is 11.0 Å². The monoisotopic (exact) mass is 413 g/mol. The lowest BCUT2D eigenvalue weighted by molar-refractivity contribution is -0.0399. The number of benzene rings is 1. The van der Waals surface area contributed by atoms with Gasteiger partial charge in [0.25, 0.3) is 5.56 Å². The number of nitrogens with zero attached hydrogens (tertiary/aromatic N) is 3. The zero-order valence-electron chi connectivity index (χ0n) is 17.6. The Morgan fingerprint density at radius 3 is 2.24 bits per heavy atom. The molecule has 1 aromatic carbocycles. The van der Waals surface area contributed by atoms with Crippen LogP contribution in [-0.4, -0.2) is 32.6 Å². The molecular weight excluding hydrogens is 382 g/mol. The van der Waals surface area contributed by atoms with Gasteiger partial charge in [0.1, 0.15) is 0 Å². The first-order valence-corrected chi connectivity index (χ1v) is 11.8. The lowest BCUT2D eigenvalue weighted by atomic mass is 9.74. The summed E-state index contributed by atoms with van der Waals surface area (Å²) in [4.78, 5) is 20.2. The highest BCUT2D eigenvalue weighted by atomic mass is 35.5. The molecule has 29 heavy (non-hydrogen) atoms. The fourth-order valence-electron chi connectivity index (χ4n) is 6.83. The zero-order chi connectivity index (χ0) is 20.1.